The summed E-state index contributed by atoms with van der Waals surface area (Å²) < 4.78 is 6.15. The lowest BCUT2D eigenvalue weighted by atomic mass is 9.80. The molecule has 1 N–H and O–H groups in total. The van der Waals surface area contributed by atoms with Crippen molar-refractivity contribution in [1.29, 1.82) is 0 Å². The molecule has 2 nitrogen and oxygen atoms in total. The van der Waals surface area contributed by atoms with E-state index in [2.05, 4.69) is 97.1 Å². The molecule has 0 bridgehead atoms. The highest BCUT2D eigenvalue weighted by Gasteiger charge is 2.23. The van der Waals surface area contributed by atoms with Crippen molar-refractivity contribution in [3.8, 4) is 5.75 Å². The summed E-state index contributed by atoms with van der Waals surface area (Å²) in [6, 6.07) is 13.2. The predicted molar refractivity (Wildman–Crippen MR) is 114 cm³/mol. The van der Waals surface area contributed by atoms with Crippen LogP contribution < -0.4 is 10.1 Å². The summed E-state index contributed by atoms with van der Waals surface area (Å²) in [7, 11) is 0. The van der Waals surface area contributed by atoms with Crippen LogP contribution in [0, 0.1) is 13.8 Å². The number of nitrogens with one attached hydrogen (secondary N) is 1. The molecule has 0 aliphatic rings. The zero-order valence-electron chi connectivity index (χ0n) is 17.8. The Morgan fingerprint density at radius 3 is 1.96 bits per heavy atom. The summed E-state index contributed by atoms with van der Waals surface area (Å²) in [5.41, 5.74) is 6.54. The van der Waals surface area contributed by atoms with Crippen molar-refractivity contribution in [3.63, 3.8) is 0 Å². The van der Waals surface area contributed by atoms with Crippen LogP contribution in [-0.2, 0) is 10.8 Å². The summed E-state index contributed by atoms with van der Waals surface area (Å²) in [6.07, 6.45) is 0. The third kappa shape index (κ3) is 5.52. The number of anilines is 1. The first-order valence-corrected chi connectivity index (χ1v) is 9.57. The Morgan fingerprint density at radius 2 is 1.42 bits per heavy atom. The Balaban J connectivity index is 2.06. The Hall–Kier alpha value is -1.96. The van der Waals surface area contributed by atoms with Crippen molar-refractivity contribution in [2.75, 3.05) is 18.5 Å². The van der Waals surface area contributed by atoms with E-state index in [1.807, 2.05) is 0 Å². The van der Waals surface area contributed by atoms with Gasteiger partial charge in [-0.2, -0.15) is 0 Å². The van der Waals surface area contributed by atoms with Crippen molar-refractivity contribution in [1.82, 2.24) is 0 Å². The molecule has 0 aliphatic heterocycles. The molecule has 2 aromatic rings. The van der Waals surface area contributed by atoms with E-state index < -0.39 is 0 Å². The molecule has 0 saturated heterocycles. The molecule has 0 aliphatic carbocycles. The van der Waals surface area contributed by atoms with E-state index in [0.29, 0.717) is 6.61 Å². The number of rotatable bonds is 5. The molecule has 0 fully saturated rings. The average molecular weight is 354 g/mol. The standard InChI is InChI=1S/C24H35NO/c1-17-13-18(2)15-20(14-17)25-11-12-26-22-10-9-19(23(3,4)5)16-21(22)24(6,7)8/h9-10,13-16,25H,11-12H2,1-8H3. The van der Waals surface area contributed by atoms with Crippen LogP contribution in [0.1, 0.15) is 63.8 Å². The fraction of sp³-hybridized carbons (Fsp3) is 0.500. The van der Waals surface area contributed by atoms with E-state index in [9.17, 15) is 0 Å². The van der Waals surface area contributed by atoms with Gasteiger partial charge in [-0.3, -0.25) is 0 Å². The maximum Gasteiger partial charge on any atom is 0.123 e. The first-order chi connectivity index (χ1) is 12.0. The summed E-state index contributed by atoms with van der Waals surface area (Å²) in [6.45, 7) is 19.2. The topological polar surface area (TPSA) is 21.3 Å². The molecule has 0 atom stereocenters. The van der Waals surface area contributed by atoms with E-state index in [0.717, 1.165) is 18.0 Å². The van der Waals surface area contributed by atoms with Crippen molar-refractivity contribution < 1.29 is 4.74 Å². The van der Waals surface area contributed by atoms with E-state index >= 15 is 0 Å². The summed E-state index contributed by atoms with van der Waals surface area (Å²) in [5.74, 6) is 0.993. The lowest BCUT2D eigenvalue weighted by Gasteiger charge is -2.27. The summed E-state index contributed by atoms with van der Waals surface area (Å²) in [5, 5.41) is 3.47. The Kier molecular flexibility index (Phi) is 6.05. The van der Waals surface area contributed by atoms with Crippen molar-refractivity contribution in [3.05, 3.63) is 58.7 Å². The monoisotopic (exact) mass is 353 g/mol. The maximum absolute atomic E-state index is 6.15. The molecule has 0 unspecified atom stereocenters. The van der Waals surface area contributed by atoms with Gasteiger partial charge < -0.3 is 10.1 Å². The SMILES string of the molecule is Cc1cc(C)cc(NCCOc2ccc(C(C)(C)C)cc2C(C)(C)C)c1. The van der Waals surface area contributed by atoms with E-state index in [1.54, 1.807) is 0 Å². The number of hydrogen-bond acceptors (Lipinski definition) is 2. The van der Waals surface area contributed by atoms with Crippen LogP contribution in [-0.4, -0.2) is 13.2 Å². The molecule has 142 valence electrons. The molecule has 0 radical (unpaired) electrons. The Morgan fingerprint density at radius 1 is 0.808 bits per heavy atom. The molecule has 0 aromatic heterocycles. The Bertz CT molecular complexity index is 728. The minimum atomic E-state index is 0.0533. The van der Waals surface area contributed by atoms with Crippen molar-refractivity contribution >= 4 is 5.69 Å². The lowest BCUT2D eigenvalue weighted by molar-refractivity contribution is 0.322. The second kappa shape index (κ2) is 7.73. The fourth-order valence-corrected chi connectivity index (χ4v) is 3.14. The highest BCUT2D eigenvalue weighted by Crippen LogP contribution is 2.35. The second-order valence-corrected chi connectivity index (χ2v) is 9.36. The van der Waals surface area contributed by atoms with E-state index in [1.165, 1.54) is 22.3 Å². The zero-order chi connectivity index (χ0) is 19.5. The lowest BCUT2D eigenvalue weighted by Crippen LogP contribution is -2.19. The van der Waals surface area contributed by atoms with Crippen LogP contribution in [0.4, 0.5) is 5.69 Å². The van der Waals surface area contributed by atoms with Crippen LogP contribution in [0.2, 0.25) is 0 Å². The first kappa shape index (κ1) is 20.4. The number of benzene rings is 2. The highest BCUT2D eigenvalue weighted by molar-refractivity contribution is 5.48. The molecule has 2 aromatic carbocycles. The molecule has 0 amide bonds. The summed E-state index contributed by atoms with van der Waals surface area (Å²) >= 11 is 0. The number of aryl methyl sites for hydroxylation is 2. The van der Waals surface area contributed by atoms with Crippen LogP contribution in [0.25, 0.3) is 0 Å². The highest BCUT2D eigenvalue weighted by atomic mass is 16.5. The van der Waals surface area contributed by atoms with E-state index in [4.69, 9.17) is 4.74 Å². The fourth-order valence-electron chi connectivity index (χ4n) is 3.14. The maximum atomic E-state index is 6.15. The minimum absolute atomic E-state index is 0.0533. The van der Waals surface area contributed by atoms with E-state index in [-0.39, 0.29) is 10.8 Å². The molecule has 26 heavy (non-hydrogen) atoms. The van der Waals surface area contributed by atoms with Gasteiger partial charge >= 0.3 is 0 Å². The normalized spacial score (nSPS) is 12.2. The molecule has 0 saturated carbocycles. The smallest absolute Gasteiger partial charge is 0.123 e. The van der Waals surface area contributed by atoms with Gasteiger partial charge in [-0.05, 0) is 65.1 Å². The van der Waals surface area contributed by atoms with Gasteiger partial charge in [-0.25, -0.2) is 0 Å². The number of ether oxygens (including phenoxy) is 1. The molecule has 0 heterocycles. The van der Waals surface area contributed by atoms with Gasteiger partial charge in [0.2, 0.25) is 0 Å². The zero-order valence-corrected chi connectivity index (χ0v) is 17.8. The molecular weight excluding hydrogens is 318 g/mol. The predicted octanol–water partition coefficient (Wildman–Crippen LogP) is 6.39. The third-order valence-electron chi connectivity index (χ3n) is 4.56. The Labute approximate surface area is 160 Å². The van der Waals surface area contributed by atoms with Crippen LogP contribution in [0.5, 0.6) is 5.75 Å². The van der Waals surface area contributed by atoms with Gasteiger partial charge in [-0.1, -0.05) is 59.7 Å². The van der Waals surface area contributed by atoms with Crippen LogP contribution in [0.3, 0.4) is 0 Å². The largest absolute Gasteiger partial charge is 0.491 e. The van der Waals surface area contributed by atoms with Crippen LogP contribution in [0.15, 0.2) is 36.4 Å². The van der Waals surface area contributed by atoms with Gasteiger partial charge in [0.05, 0.1) is 0 Å². The van der Waals surface area contributed by atoms with Gasteiger partial charge in [-0.15, -0.1) is 0 Å². The van der Waals surface area contributed by atoms with Gasteiger partial charge in [0.15, 0.2) is 0 Å². The van der Waals surface area contributed by atoms with Crippen molar-refractivity contribution in [2.45, 2.75) is 66.2 Å². The van der Waals surface area contributed by atoms with Crippen LogP contribution >= 0.6 is 0 Å². The van der Waals surface area contributed by atoms with Crippen molar-refractivity contribution in [2.24, 2.45) is 0 Å². The molecule has 0 spiro atoms. The quantitative estimate of drug-likeness (QED) is 0.629. The van der Waals surface area contributed by atoms with Gasteiger partial charge in [0.25, 0.3) is 0 Å². The third-order valence-corrected chi connectivity index (χ3v) is 4.56. The second-order valence-electron chi connectivity index (χ2n) is 9.36. The molecule has 2 heteroatoms. The first-order valence-electron chi connectivity index (χ1n) is 9.57. The van der Waals surface area contributed by atoms with Gasteiger partial charge in [0, 0.05) is 12.2 Å². The molecule has 2 rings (SSSR count). The minimum Gasteiger partial charge on any atom is -0.491 e. The number of hydrogen-bond donors (Lipinski definition) is 1. The van der Waals surface area contributed by atoms with Gasteiger partial charge in [0.1, 0.15) is 12.4 Å². The summed E-state index contributed by atoms with van der Waals surface area (Å²) in [4.78, 5) is 0. The average Bonchev–Trinajstić information content (AvgIpc) is 2.48. The molecular formula is C24H35NO.